The quantitative estimate of drug-likeness (QED) is 0.415. The Morgan fingerprint density at radius 3 is 2.35 bits per heavy atom. The molecule has 2 aliphatic heterocycles. The van der Waals surface area contributed by atoms with Crippen LogP contribution in [0.1, 0.15) is 43.0 Å². The first-order chi connectivity index (χ1) is 17.9. The van der Waals surface area contributed by atoms with Gasteiger partial charge in [-0.25, -0.2) is 8.78 Å². The zero-order valence-electron chi connectivity index (χ0n) is 21.0. The lowest BCUT2D eigenvalue weighted by molar-refractivity contribution is 0.0946. The number of anilines is 2. The second-order valence-corrected chi connectivity index (χ2v) is 10.0. The number of ether oxygens (including phenoxy) is 1. The molecule has 1 spiro atoms. The summed E-state index contributed by atoms with van der Waals surface area (Å²) in [5.41, 5.74) is 4.51. The highest BCUT2D eigenvalue weighted by atomic mass is 19.3. The molecule has 0 amide bonds. The molecule has 4 heterocycles. The number of nitrogens with zero attached hydrogens (tertiary/aromatic N) is 5. The Labute approximate surface area is 216 Å². The molecule has 194 valence electrons. The van der Waals surface area contributed by atoms with Gasteiger partial charge in [0.25, 0.3) is 6.43 Å². The zero-order valence-corrected chi connectivity index (χ0v) is 21.0. The molecule has 3 aromatic rings. The van der Waals surface area contributed by atoms with E-state index in [4.69, 9.17) is 4.74 Å². The van der Waals surface area contributed by atoms with Gasteiger partial charge in [0.1, 0.15) is 18.1 Å². The number of hydrogen-bond acceptors (Lipinski definition) is 7. The van der Waals surface area contributed by atoms with E-state index >= 15 is 0 Å². The van der Waals surface area contributed by atoms with Gasteiger partial charge in [-0.3, -0.25) is 4.98 Å². The minimum atomic E-state index is -2.58. The van der Waals surface area contributed by atoms with E-state index in [2.05, 4.69) is 68.1 Å². The highest BCUT2D eigenvalue weighted by molar-refractivity contribution is 5.51. The summed E-state index contributed by atoms with van der Waals surface area (Å²) >= 11 is 0. The van der Waals surface area contributed by atoms with Crippen LogP contribution in [0.15, 0.2) is 67.0 Å². The summed E-state index contributed by atoms with van der Waals surface area (Å²) in [6.07, 6.45) is 1.29. The fourth-order valence-electron chi connectivity index (χ4n) is 4.94. The van der Waals surface area contributed by atoms with Crippen molar-refractivity contribution in [2.75, 3.05) is 36.4 Å². The Morgan fingerprint density at radius 2 is 1.76 bits per heavy atom. The minimum absolute atomic E-state index is 0.176. The molecule has 1 N–H and O–H groups in total. The number of benzene rings is 1. The molecular formula is C28H32F2N6O. The van der Waals surface area contributed by atoms with Crippen LogP contribution in [0.3, 0.4) is 0 Å². The highest BCUT2D eigenvalue weighted by Gasteiger charge is 2.44. The number of rotatable bonds is 9. The first kappa shape index (κ1) is 24.9. The Bertz CT molecular complexity index is 1180. The van der Waals surface area contributed by atoms with Crippen LogP contribution in [0.4, 0.5) is 20.3 Å². The van der Waals surface area contributed by atoms with E-state index in [1.807, 2.05) is 0 Å². The number of piperidine rings is 1. The van der Waals surface area contributed by atoms with Gasteiger partial charge in [0.2, 0.25) is 5.88 Å². The van der Waals surface area contributed by atoms with Crippen molar-refractivity contribution in [3.05, 3.63) is 83.8 Å². The topological polar surface area (TPSA) is 66.4 Å². The van der Waals surface area contributed by atoms with Gasteiger partial charge in [-0.1, -0.05) is 24.8 Å². The molecule has 0 unspecified atom stereocenters. The van der Waals surface area contributed by atoms with E-state index in [1.165, 1.54) is 36.5 Å². The molecule has 0 radical (unpaired) electrons. The molecule has 2 aliphatic rings. The molecule has 0 atom stereocenters. The number of allylic oxidation sites excluding steroid dienone is 1. The molecule has 5 rings (SSSR count). The lowest BCUT2D eigenvalue weighted by Crippen LogP contribution is -2.60. The zero-order chi connectivity index (χ0) is 25.8. The van der Waals surface area contributed by atoms with Crippen molar-refractivity contribution >= 4 is 11.5 Å². The molecule has 37 heavy (non-hydrogen) atoms. The van der Waals surface area contributed by atoms with Crippen molar-refractivity contribution in [2.24, 2.45) is 5.41 Å². The van der Waals surface area contributed by atoms with E-state index in [0.29, 0.717) is 29.2 Å². The van der Waals surface area contributed by atoms with Gasteiger partial charge in [-0.15, -0.1) is 10.2 Å². The summed E-state index contributed by atoms with van der Waals surface area (Å²) in [5, 5.41) is 11.5. The molecule has 7 nitrogen and oxygen atoms in total. The van der Waals surface area contributed by atoms with Gasteiger partial charge in [-0.05, 0) is 49.6 Å². The van der Waals surface area contributed by atoms with E-state index in [0.717, 1.165) is 31.7 Å². The molecule has 0 bridgehead atoms. The maximum absolute atomic E-state index is 12.6. The summed E-state index contributed by atoms with van der Waals surface area (Å²) in [7, 11) is 0. The molecule has 0 saturated carbocycles. The third-order valence-corrected chi connectivity index (χ3v) is 7.29. The van der Waals surface area contributed by atoms with Crippen molar-refractivity contribution in [3.63, 3.8) is 0 Å². The van der Waals surface area contributed by atoms with Crippen LogP contribution in [-0.2, 0) is 13.2 Å². The standard InChI is InChI=1S/C28H32F2N6O/c1-20(2)35-13-11-28(12-14-35)18-36(19-28)23-6-3-21(4-7-23)15-32-25-9-10-26(34-33-25)37-17-22-5-8-24(27(29)30)31-16-22/h3-10,16,27H,1,11-15,17-19H2,2H3,(H,32,33). The summed E-state index contributed by atoms with van der Waals surface area (Å²) in [6.45, 7) is 11.5. The average molecular weight is 507 g/mol. The lowest BCUT2D eigenvalue weighted by Gasteiger charge is -2.55. The summed E-state index contributed by atoms with van der Waals surface area (Å²) in [5.74, 6) is 0.996. The molecule has 2 saturated heterocycles. The average Bonchev–Trinajstić information content (AvgIpc) is 2.90. The van der Waals surface area contributed by atoms with Gasteiger partial charge in [0.05, 0.1) is 0 Å². The third kappa shape index (κ3) is 5.98. The number of hydrogen-bond donors (Lipinski definition) is 1. The van der Waals surface area contributed by atoms with Gasteiger partial charge in [0, 0.05) is 67.3 Å². The normalized spacial score (nSPS) is 16.5. The van der Waals surface area contributed by atoms with Crippen LogP contribution >= 0.6 is 0 Å². The molecule has 1 aromatic carbocycles. The van der Waals surface area contributed by atoms with E-state index < -0.39 is 6.43 Å². The Morgan fingerprint density at radius 1 is 1.03 bits per heavy atom. The predicted octanol–water partition coefficient (Wildman–Crippen LogP) is 5.44. The van der Waals surface area contributed by atoms with E-state index in [9.17, 15) is 8.78 Å². The van der Waals surface area contributed by atoms with Crippen LogP contribution in [0.25, 0.3) is 0 Å². The van der Waals surface area contributed by atoms with Gasteiger partial charge >= 0.3 is 0 Å². The Hall–Kier alpha value is -3.75. The number of likely N-dealkylation sites (tertiary alicyclic amines) is 1. The van der Waals surface area contributed by atoms with Gasteiger partial charge < -0.3 is 19.9 Å². The van der Waals surface area contributed by atoms with Crippen molar-refractivity contribution in [1.82, 2.24) is 20.1 Å². The fraction of sp³-hybridized carbons (Fsp3) is 0.393. The number of pyridine rings is 1. The lowest BCUT2D eigenvalue weighted by atomic mass is 9.71. The van der Waals surface area contributed by atoms with Crippen molar-refractivity contribution < 1.29 is 13.5 Å². The summed E-state index contributed by atoms with van der Waals surface area (Å²) in [6, 6.07) is 15.1. The maximum atomic E-state index is 12.6. The van der Waals surface area contributed by atoms with Crippen LogP contribution < -0.4 is 15.0 Å². The molecule has 0 aliphatic carbocycles. The fourth-order valence-corrected chi connectivity index (χ4v) is 4.94. The monoisotopic (exact) mass is 506 g/mol. The smallest absolute Gasteiger partial charge is 0.280 e. The molecule has 2 aromatic heterocycles. The molecule has 2 fully saturated rings. The number of aromatic nitrogens is 3. The van der Waals surface area contributed by atoms with E-state index in [-0.39, 0.29) is 12.3 Å². The molecule has 9 heteroatoms. The van der Waals surface area contributed by atoms with Crippen LogP contribution in [0.5, 0.6) is 5.88 Å². The summed E-state index contributed by atoms with van der Waals surface area (Å²) < 4.78 is 30.8. The largest absolute Gasteiger partial charge is 0.472 e. The predicted molar refractivity (Wildman–Crippen MR) is 140 cm³/mol. The number of alkyl halides is 2. The number of halogens is 2. The van der Waals surface area contributed by atoms with E-state index in [1.54, 1.807) is 18.2 Å². The Balaban J connectivity index is 1.05. The maximum Gasteiger partial charge on any atom is 0.280 e. The van der Waals surface area contributed by atoms with Gasteiger partial charge in [0.15, 0.2) is 0 Å². The van der Waals surface area contributed by atoms with Crippen molar-refractivity contribution in [1.29, 1.82) is 0 Å². The van der Waals surface area contributed by atoms with Crippen molar-refractivity contribution in [3.8, 4) is 5.88 Å². The van der Waals surface area contributed by atoms with Crippen molar-refractivity contribution in [2.45, 2.75) is 39.3 Å². The molecular weight excluding hydrogens is 474 g/mol. The second-order valence-electron chi connectivity index (χ2n) is 10.0. The number of nitrogens with one attached hydrogen (secondary N) is 1. The third-order valence-electron chi connectivity index (χ3n) is 7.29. The minimum Gasteiger partial charge on any atom is -0.472 e. The highest BCUT2D eigenvalue weighted by Crippen LogP contribution is 2.43. The second kappa shape index (κ2) is 10.7. The Kier molecular flexibility index (Phi) is 7.21. The van der Waals surface area contributed by atoms with Crippen LogP contribution in [-0.4, -0.2) is 46.3 Å². The first-order valence-electron chi connectivity index (χ1n) is 12.6. The van der Waals surface area contributed by atoms with Crippen LogP contribution in [0.2, 0.25) is 0 Å². The SMILES string of the molecule is C=C(C)N1CCC2(CC1)CN(c1ccc(CNc3ccc(OCc4ccc(C(F)F)nc4)nn3)cc1)C2. The van der Waals surface area contributed by atoms with Crippen LogP contribution in [0, 0.1) is 5.41 Å². The first-order valence-corrected chi connectivity index (χ1v) is 12.6. The van der Waals surface area contributed by atoms with Gasteiger partial charge in [-0.2, -0.15) is 0 Å². The summed E-state index contributed by atoms with van der Waals surface area (Å²) in [4.78, 5) is 8.60.